The SMILES string of the molecule is CCCCCCCCCCCCCCCCCCCCCCCC(=O)O[C@H](COC(=O)CCCCCCCCCCCCCCCCCCC(C)C)COP(=O)(O)OC[C@@H](O)COP(=O)(O)OC[C@@H](COC(=O)CCCCCCCCCCCCC)OC(=O)CCCCCCCCCCCCCCCC. The van der Waals surface area contributed by atoms with Crippen LogP contribution in [-0.2, 0) is 65.4 Å². The van der Waals surface area contributed by atoms with Crippen LogP contribution < -0.4 is 0 Å². The molecule has 0 saturated heterocycles. The topological polar surface area (TPSA) is 237 Å². The molecular weight excluding hydrogens is 1370 g/mol. The van der Waals surface area contributed by atoms with E-state index in [4.69, 9.17) is 37.0 Å². The van der Waals surface area contributed by atoms with Gasteiger partial charge in [-0.15, -0.1) is 0 Å². The second kappa shape index (κ2) is 78.7. The van der Waals surface area contributed by atoms with Crippen LogP contribution in [0.1, 0.15) is 465 Å². The number of phosphoric acid groups is 2. The summed E-state index contributed by atoms with van der Waals surface area (Å²) in [6.45, 7) is 7.39. The molecule has 0 aliphatic carbocycles. The summed E-state index contributed by atoms with van der Waals surface area (Å²) in [6, 6.07) is 0. The van der Waals surface area contributed by atoms with E-state index in [9.17, 15) is 43.2 Å². The maximum Gasteiger partial charge on any atom is 0.472 e. The number of carbonyl (C=O) groups is 4. The van der Waals surface area contributed by atoms with Gasteiger partial charge < -0.3 is 33.8 Å². The number of carbonyl (C=O) groups excluding carboxylic acids is 4. The number of aliphatic hydroxyl groups excluding tert-OH is 1. The average Bonchev–Trinajstić information content (AvgIpc) is 0.911. The van der Waals surface area contributed by atoms with Gasteiger partial charge in [-0.1, -0.05) is 413 Å². The van der Waals surface area contributed by atoms with Crippen molar-refractivity contribution in [3.63, 3.8) is 0 Å². The lowest BCUT2D eigenvalue weighted by Gasteiger charge is -2.21. The molecule has 0 rings (SSSR count). The van der Waals surface area contributed by atoms with Crippen molar-refractivity contribution in [2.45, 2.75) is 483 Å². The van der Waals surface area contributed by atoms with Crippen LogP contribution >= 0.6 is 15.6 Å². The molecule has 0 aliphatic rings. The van der Waals surface area contributed by atoms with Crippen LogP contribution in [0.15, 0.2) is 0 Å². The van der Waals surface area contributed by atoms with Crippen molar-refractivity contribution >= 4 is 39.5 Å². The molecule has 0 aromatic carbocycles. The molecule has 5 atom stereocenters. The van der Waals surface area contributed by atoms with Crippen LogP contribution in [0.25, 0.3) is 0 Å². The van der Waals surface area contributed by atoms with E-state index >= 15 is 0 Å². The third kappa shape index (κ3) is 79.9. The molecule has 3 N–H and O–H groups in total. The van der Waals surface area contributed by atoms with Gasteiger partial charge in [-0.2, -0.15) is 0 Å². The number of ether oxygens (including phenoxy) is 4. The van der Waals surface area contributed by atoms with Crippen molar-refractivity contribution in [3.05, 3.63) is 0 Å². The lowest BCUT2D eigenvalue weighted by molar-refractivity contribution is -0.161. The van der Waals surface area contributed by atoms with Crippen LogP contribution in [0.4, 0.5) is 0 Å². The van der Waals surface area contributed by atoms with E-state index in [0.717, 1.165) is 95.8 Å². The summed E-state index contributed by atoms with van der Waals surface area (Å²) in [7, 11) is -9.93. The van der Waals surface area contributed by atoms with Crippen LogP contribution in [-0.4, -0.2) is 96.7 Å². The zero-order valence-electron chi connectivity index (χ0n) is 68.9. The zero-order chi connectivity index (χ0) is 76.9. The summed E-state index contributed by atoms with van der Waals surface area (Å²) in [5.41, 5.74) is 0. The molecule has 0 saturated carbocycles. The van der Waals surface area contributed by atoms with Crippen LogP contribution in [0.5, 0.6) is 0 Å². The first kappa shape index (κ1) is 103. The summed E-state index contributed by atoms with van der Waals surface area (Å²) in [6.07, 6.45) is 72.2. The van der Waals surface area contributed by atoms with E-state index in [1.54, 1.807) is 0 Å². The molecule has 0 aliphatic heterocycles. The maximum absolute atomic E-state index is 13.1. The molecular formula is C86H168O17P2. The number of hydrogen-bond donors (Lipinski definition) is 3. The fraction of sp³-hybridized carbons (Fsp3) is 0.953. The molecule has 0 fully saturated rings. The van der Waals surface area contributed by atoms with E-state index in [1.165, 1.54) is 289 Å². The minimum Gasteiger partial charge on any atom is -0.462 e. The highest BCUT2D eigenvalue weighted by Gasteiger charge is 2.30. The number of unbranched alkanes of at least 4 members (excludes halogenated alkanes) is 58. The van der Waals surface area contributed by atoms with Crippen molar-refractivity contribution in [3.8, 4) is 0 Å². The molecule has 624 valence electrons. The third-order valence-corrected chi connectivity index (χ3v) is 22.2. The Hall–Kier alpha value is -1.94. The number of esters is 4. The molecule has 0 spiro atoms. The van der Waals surface area contributed by atoms with Gasteiger partial charge in [0.1, 0.15) is 19.3 Å². The summed E-state index contributed by atoms with van der Waals surface area (Å²) in [4.78, 5) is 73.2. The number of hydrogen-bond acceptors (Lipinski definition) is 15. The van der Waals surface area contributed by atoms with Gasteiger partial charge in [0.25, 0.3) is 0 Å². The van der Waals surface area contributed by atoms with Crippen LogP contribution in [0, 0.1) is 5.92 Å². The predicted octanol–water partition coefficient (Wildman–Crippen LogP) is 26.4. The third-order valence-electron chi connectivity index (χ3n) is 20.3. The first-order valence-electron chi connectivity index (χ1n) is 44.6. The molecule has 105 heavy (non-hydrogen) atoms. The highest BCUT2D eigenvalue weighted by Crippen LogP contribution is 2.45. The Balaban J connectivity index is 5.23. The molecule has 0 amide bonds. The molecule has 2 unspecified atom stereocenters. The van der Waals surface area contributed by atoms with Crippen LogP contribution in [0.3, 0.4) is 0 Å². The fourth-order valence-electron chi connectivity index (χ4n) is 13.5. The fourth-order valence-corrected chi connectivity index (χ4v) is 15.1. The Labute approximate surface area is 645 Å². The minimum absolute atomic E-state index is 0.109. The average molecular weight is 1540 g/mol. The first-order chi connectivity index (χ1) is 51.0. The monoisotopic (exact) mass is 1540 g/mol. The highest BCUT2D eigenvalue weighted by atomic mass is 31.2. The van der Waals surface area contributed by atoms with Crippen molar-refractivity contribution < 1.29 is 80.2 Å². The van der Waals surface area contributed by atoms with Gasteiger partial charge in [0, 0.05) is 25.7 Å². The Kier molecular flexibility index (Phi) is 77.3. The minimum atomic E-state index is -4.97. The number of rotatable bonds is 86. The molecule has 0 aromatic heterocycles. The van der Waals surface area contributed by atoms with E-state index in [2.05, 4.69) is 34.6 Å². The number of phosphoric ester groups is 2. The first-order valence-corrected chi connectivity index (χ1v) is 47.6. The largest absolute Gasteiger partial charge is 0.472 e. The lowest BCUT2D eigenvalue weighted by Crippen LogP contribution is -2.30. The van der Waals surface area contributed by atoms with E-state index in [1.807, 2.05) is 0 Å². The second-order valence-electron chi connectivity index (χ2n) is 31.4. The van der Waals surface area contributed by atoms with Gasteiger partial charge >= 0.3 is 39.5 Å². The maximum atomic E-state index is 13.1. The summed E-state index contributed by atoms with van der Waals surface area (Å²) in [5, 5.41) is 10.7. The van der Waals surface area contributed by atoms with E-state index in [-0.39, 0.29) is 25.7 Å². The van der Waals surface area contributed by atoms with Crippen LogP contribution in [0.2, 0.25) is 0 Å². The molecule has 17 nitrogen and oxygen atoms in total. The van der Waals surface area contributed by atoms with Crippen molar-refractivity contribution in [1.82, 2.24) is 0 Å². The van der Waals surface area contributed by atoms with Gasteiger partial charge in [-0.25, -0.2) is 9.13 Å². The molecule has 19 heteroatoms. The molecule has 0 radical (unpaired) electrons. The Morgan fingerprint density at radius 3 is 0.648 bits per heavy atom. The highest BCUT2D eigenvalue weighted by molar-refractivity contribution is 7.47. The van der Waals surface area contributed by atoms with Crippen molar-refractivity contribution in [1.29, 1.82) is 0 Å². The quantitative estimate of drug-likeness (QED) is 0.0222. The van der Waals surface area contributed by atoms with Gasteiger partial charge in [-0.3, -0.25) is 37.3 Å². The normalized spacial score (nSPS) is 13.8. The summed E-state index contributed by atoms with van der Waals surface area (Å²) >= 11 is 0. The van der Waals surface area contributed by atoms with Gasteiger partial charge in [0.05, 0.1) is 26.4 Å². The summed E-state index contributed by atoms with van der Waals surface area (Å²) < 4.78 is 68.9. The Bertz CT molecular complexity index is 2000. The van der Waals surface area contributed by atoms with Gasteiger partial charge in [0.15, 0.2) is 12.2 Å². The van der Waals surface area contributed by atoms with E-state index in [0.29, 0.717) is 25.7 Å². The Morgan fingerprint density at radius 2 is 0.438 bits per heavy atom. The predicted molar refractivity (Wildman–Crippen MR) is 432 cm³/mol. The second-order valence-corrected chi connectivity index (χ2v) is 34.3. The lowest BCUT2D eigenvalue weighted by atomic mass is 10.0. The van der Waals surface area contributed by atoms with E-state index < -0.39 is 97.5 Å². The molecule has 0 bridgehead atoms. The Morgan fingerprint density at radius 1 is 0.257 bits per heavy atom. The van der Waals surface area contributed by atoms with Gasteiger partial charge in [-0.05, 0) is 31.6 Å². The van der Waals surface area contributed by atoms with Gasteiger partial charge in [0.2, 0.25) is 0 Å². The summed E-state index contributed by atoms with van der Waals surface area (Å²) in [5.74, 6) is -1.29. The standard InChI is InChI=1S/C86H168O17P2/c1-6-9-12-15-18-21-24-26-28-29-30-31-32-33-38-42-47-52-57-62-67-72-86(91)103-82(76-97-84(89)70-65-60-55-50-45-41-37-35-34-36-39-44-48-53-58-63-68-79(4)5)78-101-105(94,95)99-74-80(87)73-98-104(92,93)100-77-81(75-96-83(88)69-64-59-54-49-43-23-20-17-14-11-8-3)102-85(90)71-66-61-56-51-46-40-27-25-22-19-16-13-10-7-2/h79-82,87H,6-78H2,1-5H3,(H,92,93)(H,94,95)/t80-,81+,82+/m0/s1. The van der Waals surface area contributed by atoms with Crippen molar-refractivity contribution in [2.24, 2.45) is 5.92 Å². The zero-order valence-corrected chi connectivity index (χ0v) is 70.7. The molecule has 0 aromatic rings. The smallest absolute Gasteiger partial charge is 0.462 e. The molecule has 0 heterocycles. The number of aliphatic hydroxyl groups is 1. The van der Waals surface area contributed by atoms with Crippen molar-refractivity contribution in [2.75, 3.05) is 39.6 Å².